The minimum atomic E-state index is -0.220. The Morgan fingerprint density at radius 2 is 2.17 bits per heavy atom. The molecule has 0 saturated carbocycles. The number of nitrogens with one attached hydrogen (secondary N) is 1. The van der Waals surface area contributed by atoms with Gasteiger partial charge in [0.05, 0.1) is 11.9 Å². The fraction of sp³-hybridized carbons (Fsp3) is 0.417. The molecular weight excluding hydrogens is 230 g/mol. The van der Waals surface area contributed by atoms with Gasteiger partial charge < -0.3 is 5.32 Å². The molecule has 2 aromatic heterocycles. The summed E-state index contributed by atoms with van der Waals surface area (Å²) in [6.07, 6.45) is 3.44. The van der Waals surface area contributed by atoms with E-state index in [1.54, 1.807) is 27.8 Å². The molecular formula is C12H17N5O. The normalized spacial score (nSPS) is 10.9. The van der Waals surface area contributed by atoms with Gasteiger partial charge in [0.25, 0.3) is 5.91 Å². The first-order chi connectivity index (χ1) is 8.47. The van der Waals surface area contributed by atoms with Crippen molar-refractivity contribution in [3.8, 4) is 0 Å². The monoisotopic (exact) mass is 247 g/mol. The average molecular weight is 247 g/mol. The lowest BCUT2D eigenvalue weighted by atomic mass is 10.3. The van der Waals surface area contributed by atoms with Gasteiger partial charge in [-0.05, 0) is 26.8 Å². The summed E-state index contributed by atoms with van der Waals surface area (Å²) in [6, 6.07) is 2.02. The number of hydrogen-bond acceptors (Lipinski definition) is 3. The second-order valence-electron chi connectivity index (χ2n) is 4.55. The van der Waals surface area contributed by atoms with Crippen molar-refractivity contribution in [3.05, 3.63) is 29.8 Å². The second-order valence-corrected chi connectivity index (χ2v) is 4.55. The maximum Gasteiger partial charge on any atom is 0.276 e. The van der Waals surface area contributed by atoms with Gasteiger partial charge in [-0.1, -0.05) is 0 Å². The highest BCUT2D eigenvalue weighted by molar-refractivity contribution is 6.02. The van der Waals surface area contributed by atoms with Crippen molar-refractivity contribution in [1.82, 2.24) is 19.6 Å². The van der Waals surface area contributed by atoms with Crippen molar-refractivity contribution < 1.29 is 4.79 Å². The Kier molecular flexibility index (Phi) is 3.18. The molecule has 0 aliphatic rings. The van der Waals surface area contributed by atoms with Crippen LogP contribution in [-0.2, 0) is 7.05 Å². The zero-order valence-electron chi connectivity index (χ0n) is 11.0. The lowest BCUT2D eigenvalue weighted by Gasteiger charge is -2.03. The number of anilines is 1. The van der Waals surface area contributed by atoms with E-state index in [-0.39, 0.29) is 11.9 Å². The fourth-order valence-electron chi connectivity index (χ4n) is 1.55. The summed E-state index contributed by atoms with van der Waals surface area (Å²) in [7, 11) is 1.81. The van der Waals surface area contributed by atoms with Crippen molar-refractivity contribution in [1.29, 1.82) is 0 Å². The highest BCUT2D eigenvalue weighted by Gasteiger charge is 2.12. The van der Waals surface area contributed by atoms with E-state index in [2.05, 4.69) is 15.5 Å². The summed E-state index contributed by atoms with van der Waals surface area (Å²) in [5.74, 6) is -0.220. The van der Waals surface area contributed by atoms with Gasteiger partial charge in [0, 0.05) is 25.0 Å². The lowest BCUT2D eigenvalue weighted by molar-refractivity contribution is 0.102. The predicted octanol–water partition coefficient (Wildman–Crippen LogP) is 1.76. The molecule has 96 valence electrons. The van der Waals surface area contributed by atoms with E-state index in [4.69, 9.17) is 0 Å². The Labute approximate surface area is 106 Å². The van der Waals surface area contributed by atoms with Crippen LogP contribution in [0.25, 0.3) is 0 Å². The SMILES string of the molecule is Cc1cc(C(=O)Nc2cnn(C(C)C)c2)nn1C. The maximum absolute atomic E-state index is 11.9. The van der Waals surface area contributed by atoms with Gasteiger partial charge >= 0.3 is 0 Å². The summed E-state index contributed by atoms with van der Waals surface area (Å²) in [5.41, 5.74) is 2.03. The predicted molar refractivity (Wildman–Crippen MR) is 68.5 cm³/mol. The van der Waals surface area contributed by atoms with E-state index < -0.39 is 0 Å². The van der Waals surface area contributed by atoms with E-state index in [1.807, 2.05) is 27.8 Å². The first kappa shape index (κ1) is 12.3. The van der Waals surface area contributed by atoms with Gasteiger partial charge in [-0.3, -0.25) is 14.2 Å². The summed E-state index contributed by atoms with van der Waals surface area (Å²) < 4.78 is 3.46. The molecule has 0 bridgehead atoms. The number of carbonyl (C=O) groups is 1. The van der Waals surface area contributed by atoms with Gasteiger partial charge in [0.1, 0.15) is 0 Å². The van der Waals surface area contributed by atoms with Gasteiger partial charge in [-0.25, -0.2) is 0 Å². The van der Waals surface area contributed by atoms with Crippen molar-refractivity contribution in [2.75, 3.05) is 5.32 Å². The van der Waals surface area contributed by atoms with Crippen LogP contribution in [-0.4, -0.2) is 25.5 Å². The Bertz CT molecular complexity index is 547. The minimum Gasteiger partial charge on any atom is -0.318 e. The van der Waals surface area contributed by atoms with E-state index in [0.717, 1.165) is 5.69 Å². The van der Waals surface area contributed by atoms with Gasteiger partial charge in [-0.15, -0.1) is 0 Å². The van der Waals surface area contributed by atoms with Crippen molar-refractivity contribution in [3.63, 3.8) is 0 Å². The quantitative estimate of drug-likeness (QED) is 0.898. The van der Waals surface area contributed by atoms with Gasteiger partial charge in [-0.2, -0.15) is 10.2 Å². The smallest absolute Gasteiger partial charge is 0.276 e. The molecule has 0 atom stereocenters. The Morgan fingerprint density at radius 1 is 1.44 bits per heavy atom. The molecule has 0 aliphatic carbocycles. The van der Waals surface area contributed by atoms with Crippen molar-refractivity contribution in [2.45, 2.75) is 26.8 Å². The molecule has 0 spiro atoms. The zero-order chi connectivity index (χ0) is 13.3. The van der Waals surface area contributed by atoms with E-state index in [0.29, 0.717) is 11.4 Å². The van der Waals surface area contributed by atoms with Crippen LogP contribution in [0.3, 0.4) is 0 Å². The summed E-state index contributed by atoms with van der Waals surface area (Å²) in [4.78, 5) is 11.9. The number of hydrogen-bond donors (Lipinski definition) is 1. The van der Waals surface area contributed by atoms with Gasteiger partial charge in [0.15, 0.2) is 5.69 Å². The number of aromatic nitrogens is 4. The van der Waals surface area contributed by atoms with E-state index in [9.17, 15) is 4.79 Å². The molecule has 0 fully saturated rings. The third kappa shape index (κ3) is 2.42. The summed E-state index contributed by atoms with van der Waals surface area (Å²) in [5, 5.41) is 11.1. The Morgan fingerprint density at radius 3 is 2.67 bits per heavy atom. The summed E-state index contributed by atoms with van der Waals surface area (Å²) >= 11 is 0. The number of amides is 1. The van der Waals surface area contributed by atoms with Crippen molar-refractivity contribution in [2.24, 2.45) is 7.05 Å². The molecule has 0 saturated heterocycles. The fourth-order valence-corrected chi connectivity index (χ4v) is 1.55. The Balaban J connectivity index is 2.11. The van der Waals surface area contributed by atoms with Crippen molar-refractivity contribution >= 4 is 11.6 Å². The Hall–Kier alpha value is -2.11. The third-order valence-corrected chi connectivity index (χ3v) is 2.73. The van der Waals surface area contributed by atoms with Crippen LogP contribution in [0.2, 0.25) is 0 Å². The minimum absolute atomic E-state index is 0.220. The first-order valence-electron chi connectivity index (χ1n) is 5.83. The highest BCUT2D eigenvalue weighted by Crippen LogP contribution is 2.11. The molecule has 0 unspecified atom stereocenters. The van der Waals surface area contributed by atoms with Crippen LogP contribution < -0.4 is 5.32 Å². The second kappa shape index (κ2) is 4.64. The molecule has 2 heterocycles. The topological polar surface area (TPSA) is 64.7 Å². The maximum atomic E-state index is 11.9. The molecule has 6 heteroatoms. The van der Waals surface area contributed by atoms with Crippen LogP contribution in [0.1, 0.15) is 36.1 Å². The van der Waals surface area contributed by atoms with Crippen LogP contribution in [0, 0.1) is 6.92 Å². The molecule has 0 aromatic carbocycles. The van der Waals surface area contributed by atoms with E-state index in [1.165, 1.54) is 0 Å². The standard InChI is InChI=1S/C12H17N5O/c1-8(2)17-7-10(6-13-17)14-12(18)11-5-9(3)16(4)15-11/h5-8H,1-4H3,(H,14,18). The third-order valence-electron chi connectivity index (χ3n) is 2.73. The first-order valence-corrected chi connectivity index (χ1v) is 5.83. The molecule has 0 aliphatic heterocycles. The number of aryl methyl sites for hydroxylation is 2. The average Bonchev–Trinajstić information content (AvgIpc) is 2.87. The van der Waals surface area contributed by atoms with Gasteiger partial charge in [0.2, 0.25) is 0 Å². The molecule has 18 heavy (non-hydrogen) atoms. The van der Waals surface area contributed by atoms with E-state index >= 15 is 0 Å². The van der Waals surface area contributed by atoms with Crippen LogP contribution >= 0.6 is 0 Å². The lowest BCUT2D eigenvalue weighted by Crippen LogP contribution is -2.12. The molecule has 2 aromatic rings. The number of rotatable bonds is 3. The number of carbonyl (C=O) groups excluding carboxylic acids is 1. The zero-order valence-corrected chi connectivity index (χ0v) is 11.0. The van der Waals surface area contributed by atoms with Crippen LogP contribution in [0.15, 0.2) is 18.5 Å². The highest BCUT2D eigenvalue weighted by atomic mass is 16.2. The van der Waals surface area contributed by atoms with Crippen LogP contribution in [0.4, 0.5) is 5.69 Å². The largest absolute Gasteiger partial charge is 0.318 e. The summed E-state index contributed by atoms with van der Waals surface area (Å²) in [6.45, 7) is 5.96. The molecule has 0 radical (unpaired) electrons. The molecule has 1 amide bonds. The van der Waals surface area contributed by atoms with Crippen LogP contribution in [0.5, 0.6) is 0 Å². The molecule has 6 nitrogen and oxygen atoms in total. The molecule has 2 rings (SSSR count). The number of nitrogens with zero attached hydrogens (tertiary/aromatic N) is 4. The molecule has 1 N–H and O–H groups in total.